The van der Waals surface area contributed by atoms with E-state index in [0.29, 0.717) is 11.4 Å². The van der Waals surface area contributed by atoms with Crippen LogP contribution in [-0.2, 0) is 4.43 Å². The van der Waals surface area contributed by atoms with E-state index in [2.05, 4.69) is 60.6 Å². The van der Waals surface area contributed by atoms with E-state index >= 15 is 0 Å². The molecule has 0 radical (unpaired) electrons. The molecule has 4 rings (SSSR count). The van der Waals surface area contributed by atoms with E-state index in [0.717, 1.165) is 23.9 Å². The fourth-order valence-corrected chi connectivity index (χ4v) is 5.86. The van der Waals surface area contributed by atoms with Crippen LogP contribution in [0.1, 0.15) is 56.9 Å². The molecule has 1 fully saturated rings. The Bertz CT molecular complexity index is 1160. The summed E-state index contributed by atoms with van der Waals surface area (Å²) in [6.07, 6.45) is 4.33. The molecule has 1 amide bonds. The van der Waals surface area contributed by atoms with Crippen molar-refractivity contribution in [2.45, 2.75) is 76.9 Å². The number of hydrogen-bond donors (Lipinski definition) is 2. The Balaban J connectivity index is 1.68. The zero-order chi connectivity index (χ0) is 24.7. The first-order valence-electron chi connectivity index (χ1n) is 12.1. The molecule has 0 spiro atoms. The first-order valence-corrected chi connectivity index (χ1v) is 15.0. The van der Waals surface area contributed by atoms with Crippen molar-refractivity contribution in [3.63, 3.8) is 0 Å². The average molecular weight is 481 g/mol. The Morgan fingerprint density at radius 1 is 1.21 bits per heavy atom. The van der Waals surface area contributed by atoms with Gasteiger partial charge < -0.3 is 19.4 Å². The van der Waals surface area contributed by atoms with Crippen molar-refractivity contribution >= 4 is 31.1 Å². The molecule has 0 bridgehead atoms. The predicted octanol–water partition coefficient (Wildman–Crippen LogP) is 5.41. The molecule has 2 aromatic heterocycles. The van der Waals surface area contributed by atoms with Gasteiger partial charge in [0.15, 0.2) is 8.32 Å². The molecule has 3 aromatic rings. The second kappa shape index (κ2) is 9.24. The predicted molar refractivity (Wildman–Crippen MR) is 137 cm³/mol. The van der Waals surface area contributed by atoms with Gasteiger partial charge in [-0.2, -0.15) is 0 Å². The Hall–Kier alpha value is -2.55. The quantitative estimate of drug-likeness (QED) is 0.461. The van der Waals surface area contributed by atoms with Crippen molar-refractivity contribution < 1.29 is 14.3 Å². The molecule has 8 heteroatoms. The zero-order valence-electron chi connectivity index (χ0n) is 20.9. The van der Waals surface area contributed by atoms with E-state index in [1.54, 1.807) is 12.1 Å². The van der Waals surface area contributed by atoms with Crippen molar-refractivity contribution in [3.8, 4) is 0 Å². The van der Waals surface area contributed by atoms with E-state index in [1.807, 2.05) is 30.5 Å². The Labute approximate surface area is 202 Å². The maximum atomic E-state index is 12.7. The second-order valence-electron chi connectivity index (χ2n) is 10.8. The summed E-state index contributed by atoms with van der Waals surface area (Å²) >= 11 is 0. The fraction of sp³-hybridized carbons (Fsp3) is 0.500. The van der Waals surface area contributed by atoms with Gasteiger partial charge in [0.25, 0.3) is 5.91 Å². The third-order valence-electron chi connectivity index (χ3n) is 7.64. The molecular formula is C26H36N4O3Si. The Kier molecular flexibility index (Phi) is 6.68. The van der Waals surface area contributed by atoms with Crippen LogP contribution in [0.5, 0.6) is 0 Å². The minimum absolute atomic E-state index is 0.0391. The molecule has 7 nitrogen and oxygen atoms in total. The lowest BCUT2D eigenvalue weighted by molar-refractivity contribution is 0.0137. The summed E-state index contributed by atoms with van der Waals surface area (Å²) < 4.78 is 8.90. The molecule has 0 unspecified atom stereocenters. The number of aliphatic hydroxyl groups is 1. The third kappa shape index (κ3) is 4.54. The lowest BCUT2D eigenvalue weighted by atomic mass is 10.0. The van der Waals surface area contributed by atoms with E-state index in [9.17, 15) is 9.90 Å². The van der Waals surface area contributed by atoms with Crippen LogP contribution >= 0.6 is 0 Å². The molecule has 4 atom stereocenters. The summed E-state index contributed by atoms with van der Waals surface area (Å²) in [4.78, 5) is 21.6. The number of nitrogens with one attached hydrogen (secondary N) is 1. The standard InChI is InChI=1S/C26H36N4O3Si/c1-7-17-15-20(22(21(17)31)33-34(5,6)26(2,3)4)30-14-13-19-23(27-16-28-24(19)30)29-25(32)18-11-9-8-10-12-18/h8-14,16-17,20-22,31H,7,15H2,1-6H3,(H,27,28,29,32)/t17-,20+,21+,22-/m0/s1. The molecule has 182 valence electrons. The van der Waals surface area contributed by atoms with E-state index in [-0.39, 0.29) is 29.0 Å². The van der Waals surface area contributed by atoms with Gasteiger partial charge in [0, 0.05) is 11.8 Å². The fourth-order valence-electron chi connectivity index (χ4n) is 4.53. The lowest BCUT2D eigenvalue weighted by Crippen LogP contribution is -2.48. The third-order valence-corrected chi connectivity index (χ3v) is 12.1. The maximum Gasteiger partial charge on any atom is 0.256 e. The van der Waals surface area contributed by atoms with E-state index in [1.165, 1.54) is 6.33 Å². The van der Waals surface area contributed by atoms with Crippen LogP contribution in [-0.4, -0.2) is 46.1 Å². The number of aromatic nitrogens is 3. The van der Waals surface area contributed by atoms with Crippen molar-refractivity contribution in [3.05, 3.63) is 54.5 Å². The summed E-state index contributed by atoms with van der Waals surface area (Å²) in [7, 11) is -2.11. The number of nitrogens with zero attached hydrogens (tertiary/aromatic N) is 3. The van der Waals surface area contributed by atoms with Gasteiger partial charge in [0.1, 0.15) is 17.8 Å². The molecule has 2 N–H and O–H groups in total. The number of benzene rings is 1. The van der Waals surface area contributed by atoms with Gasteiger partial charge in [-0.3, -0.25) is 4.79 Å². The molecule has 0 saturated heterocycles. The molecule has 1 saturated carbocycles. The highest BCUT2D eigenvalue weighted by Gasteiger charge is 2.49. The Morgan fingerprint density at radius 3 is 2.56 bits per heavy atom. The minimum Gasteiger partial charge on any atom is -0.409 e. The monoisotopic (exact) mass is 480 g/mol. The van der Waals surface area contributed by atoms with Gasteiger partial charge in [-0.05, 0) is 48.7 Å². The first-order chi connectivity index (χ1) is 16.0. The largest absolute Gasteiger partial charge is 0.409 e. The summed E-state index contributed by atoms with van der Waals surface area (Å²) in [6, 6.07) is 11.0. The van der Waals surface area contributed by atoms with Crippen LogP contribution in [0.15, 0.2) is 48.9 Å². The number of anilines is 1. The van der Waals surface area contributed by atoms with Crippen LogP contribution in [0.2, 0.25) is 18.1 Å². The van der Waals surface area contributed by atoms with Gasteiger partial charge in [-0.25, -0.2) is 9.97 Å². The van der Waals surface area contributed by atoms with Gasteiger partial charge in [-0.15, -0.1) is 0 Å². The number of hydrogen-bond acceptors (Lipinski definition) is 5. The number of aliphatic hydroxyl groups excluding tert-OH is 1. The zero-order valence-corrected chi connectivity index (χ0v) is 21.9. The van der Waals surface area contributed by atoms with Crippen molar-refractivity contribution in [1.82, 2.24) is 14.5 Å². The van der Waals surface area contributed by atoms with Crippen LogP contribution in [0.25, 0.3) is 11.0 Å². The number of rotatable bonds is 6. The highest BCUT2D eigenvalue weighted by atomic mass is 28.4. The topological polar surface area (TPSA) is 89.3 Å². The number of amides is 1. The molecule has 1 aliphatic carbocycles. The first kappa shape index (κ1) is 24.6. The molecule has 34 heavy (non-hydrogen) atoms. The van der Waals surface area contributed by atoms with Crippen LogP contribution in [0.3, 0.4) is 0 Å². The second-order valence-corrected chi connectivity index (χ2v) is 15.6. The number of fused-ring (bicyclic) bond motifs is 1. The van der Waals surface area contributed by atoms with Crippen LogP contribution in [0, 0.1) is 5.92 Å². The molecule has 0 aliphatic heterocycles. The van der Waals surface area contributed by atoms with Crippen molar-refractivity contribution in [1.29, 1.82) is 0 Å². The van der Waals surface area contributed by atoms with Gasteiger partial charge >= 0.3 is 0 Å². The summed E-state index contributed by atoms with van der Waals surface area (Å²) in [5.41, 5.74) is 1.30. The van der Waals surface area contributed by atoms with Crippen LogP contribution in [0.4, 0.5) is 5.82 Å². The normalized spacial score (nSPS) is 23.4. The van der Waals surface area contributed by atoms with E-state index in [4.69, 9.17) is 4.43 Å². The minimum atomic E-state index is -2.11. The van der Waals surface area contributed by atoms with E-state index < -0.39 is 14.4 Å². The summed E-state index contributed by atoms with van der Waals surface area (Å²) in [6.45, 7) is 13.2. The maximum absolute atomic E-state index is 12.7. The summed E-state index contributed by atoms with van der Waals surface area (Å²) in [5.74, 6) is 0.427. The van der Waals surface area contributed by atoms with Crippen molar-refractivity contribution in [2.75, 3.05) is 5.32 Å². The van der Waals surface area contributed by atoms with Gasteiger partial charge in [-0.1, -0.05) is 52.3 Å². The van der Waals surface area contributed by atoms with Gasteiger partial charge in [0.05, 0.1) is 23.6 Å². The molecule has 2 heterocycles. The van der Waals surface area contributed by atoms with Gasteiger partial charge in [0.2, 0.25) is 0 Å². The number of carbonyl (C=O) groups is 1. The Morgan fingerprint density at radius 2 is 1.91 bits per heavy atom. The highest BCUT2D eigenvalue weighted by Crippen LogP contribution is 2.45. The highest BCUT2D eigenvalue weighted by molar-refractivity contribution is 6.74. The molecular weight excluding hydrogens is 444 g/mol. The SMILES string of the molecule is CC[C@H]1C[C@@H](n2ccc3c(NC(=O)c4ccccc4)ncnc32)[C@H](O[Si](C)(C)C(C)(C)C)[C@@H]1O. The van der Waals surface area contributed by atoms with Crippen molar-refractivity contribution in [2.24, 2.45) is 5.92 Å². The lowest BCUT2D eigenvalue weighted by Gasteiger charge is -2.41. The summed E-state index contributed by atoms with van der Waals surface area (Å²) in [5, 5.41) is 14.9. The van der Waals surface area contributed by atoms with Crippen LogP contribution < -0.4 is 5.32 Å². The number of carbonyl (C=O) groups excluding carboxylic acids is 1. The molecule has 1 aliphatic rings. The average Bonchev–Trinajstić information content (AvgIpc) is 3.35. The smallest absolute Gasteiger partial charge is 0.256 e. The molecule has 1 aromatic carbocycles.